The summed E-state index contributed by atoms with van der Waals surface area (Å²) in [6, 6.07) is 0. The van der Waals surface area contributed by atoms with Crippen LogP contribution in [0.5, 0.6) is 0 Å². The molecule has 0 rings (SSSR count). The van der Waals surface area contributed by atoms with Gasteiger partial charge in [-0.25, -0.2) is 0 Å². The average Bonchev–Trinajstić information content (AvgIpc) is 1.59. The Morgan fingerprint density at radius 1 is 1.67 bits per heavy atom. The first-order valence-corrected chi connectivity index (χ1v) is 3.72. The van der Waals surface area contributed by atoms with Crippen LogP contribution in [0.3, 0.4) is 0 Å². The summed E-state index contributed by atoms with van der Waals surface area (Å²) in [5, 5.41) is 8.77. The fourth-order valence-corrected chi connectivity index (χ4v) is 0.451. The number of hydrogen-bond donors (Lipinski definition) is 1. The third-order valence-electron chi connectivity index (χ3n) is 0.668. The number of aliphatic hydroxyl groups excluding tert-OH is 1. The second kappa shape index (κ2) is 3.54. The van der Waals surface area contributed by atoms with Gasteiger partial charge in [0.25, 0.3) is 0 Å². The Morgan fingerprint density at radius 2 is 2.11 bits per heavy atom. The van der Waals surface area contributed by atoms with Crippen molar-refractivity contribution in [3.8, 4) is 0 Å². The second-order valence-electron chi connectivity index (χ2n) is 2.52. The summed E-state index contributed by atoms with van der Waals surface area (Å²) in [5.41, 5.74) is 0. The molecule has 0 spiro atoms. The summed E-state index contributed by atoms with van der Waals surface area (Å²) >= 11 is 3.27. The van der Waals surface area contributed by atoms with E-state index in [1.807, 2.05) is 13.8 Å². The summed E-state index contributed by atoms with van der Waals surface area (Å²) in [4.78, 5) is 0. The number of ether oxygens (including phenoxy) is 1. The molecule has 0 radical (unpaired) electrons. The zero-order chi connectivity index (χ0) is 7.49. The first-order valence-electron chi connectivity index (χ1n) is 2.93. The lowest BCUT2D eigenvalue weighted by Gasteiger charge is -2.18. The molecule has 56 valence electrons. The van der Waals surface area contributed by atoms with Crippen LogP contribution in [0, 0.1) is 0 Å². The highest BCUT2D eigenvalue weighted by molar-refractivity contribution is 9.10. The van der Waals surface area contributed by atoms with Gasteiger partial charge in [-0.2, -0.15) is 0 Å². The second-order valence-corrected chi connectivity index (χ2v) is 4.43. The number of rotatable bonds is 3. The van der Waals surface area contributed by atoms with Crippen molar-refractivity contribution in [3.63, 3.8) is 0 Å². The predicted molar refractivity (Wildman–Crippen MR) is 40.6 cm³/mol. The van der Waals surface area contributed by atoms with Gasteiger partial charge in [-0.15, -0.1) is 0 Å². The minimum atomic E-state index is -0.387. The van der Waals surface area contributed by atoms with Gasteiger partial charge in [-0.05, 0) is 20.8 Å². The van der Waals surface area contributed by atoms with Crippen molar-refractivity contribution in [3.05, 3.63) is 0 Å². The van der Waals surface area contributed by atoms with Crippen LogP contribution in [0.2, 0.25) is 0 Å². The molecule has 0 amide bonds. The van der Waals surface area contributed by atoms with E-state index >= 15 is 0 Å². The van der Waals surface area contributed by atoms with Crippen LogP contribution in [-0.4, -0.2) is 22.3 Å². The van der Waals surface area contributed by atoms with Gasteiger partial charge in [0.05, 0.1) is 12.7 Å². The topological polar surface area (TPSA) is 29.5 Å². The summed E-state index contributed by atoms with van der Waals surface area (Å²) < 4.78 is 4.84. The fourth-order valence-electron chi connectivity index (χ4n) is 0.319. The van der Waals surface area contributed by atoms with Crippen LogP contribution < -0.4 is 0 Å². The van der Waals surface area contributed by atoms with Gasteiger partial charge in [-0.1, -0.05) is 15.9 Å². The highest BCUT2D eigenvalue weighted by atomic mass is 79.9. The minimum absolute atomic E-state index is 0.315. The maximum atomic E-state index is 8.77. The molecule has 0 heterocycles. The van der Waals surface area contributed by atoms with E-state index in [1.54, 1.807) is 6.92 Å². The Balaban J connectivity index is 3.28. The largest absolute Gasteiger partial charge is 0.391 e. The maximum absolute atomic E-state index is 8.77. The molecule has 0 aromatic rings. The highest BCUT2D eigenvalue weighted by Crippen LogP contribution is 2.16. The van der Waals surface area contributed by atoms with Crippen LogP contribution in [-0.2, 0) is 4.74 Å². The molecular formula is C6H13BrO2. The van der Waals surface area contributed by atoms with E-state index in [2.05, 4.69) is 15.9 Å². The van der Waals surface area contributed by atoms with E-state index in [-0.39, 0.29) is 10.6 Å². The van der Waals surface area contributed by atoms with Crippen LogP contribution in [0.25, 0.3) is 0 Å². The molecule has 1 unspecified atom stereocenters. The fraction of sp³-hybridized carbons (Fsp3) is 1.00. The molecule has 3 heteroatoms. The molecule has 0 fully saturated rings. The van der Waals surface area contributed by atoms with Gasteiger partial charge < -0.3 is 9.84 Å². The van der Waals surface area contributed by atoms with Crippen molar-refractivity contribution >= 4 is 15.9 Å². The molecule has 2 nitrogen and oxygen atoms in total. The Kier molecular flexibility index (Phi) is 3.70. The lowest BCUT2D eigenvalue weighted by atomic mass is 10.4. The first kappa shape index (κ1) is 9.40. The number of alkyl halides is 1. The van der Waals surface area contributed by atoms with E-state index in [0.29, 0.717) is 6.61 Å². The summed E-state index contributed by atoms with van der Waals surface area (Å²) in [6.45, 7) is 5.84. The summed E-state index contributed by atoms with van der Waals surface area (Å²) in [5.74, 6) is 0. The molecule has 0 aliphatic carbocycles. The van der Waals surface area contributed by atoms with Crippen molar-refractivity contribution in [1.82, 2.24) is 0 Å². The number of hydrogen-bond acceptors (Lipinski definition) is 2. The number of aliphatic hydroxyl groups is 1. The predicted octanol–water partition coefficient (Wildman–Crippen LogP) is 1.51. The van der Waals surface area contributed by atoms with E-state index in [0.717, 1.165) is 0 Å². The van der Waals surface area contributed by atoms with Crippen LogP contribution >= 0.6 is 15.9 Å². The van der Waals surface area contributed by atoms with Gasteiger partial charge in [0.15, 0.2) is 0 Å². The van der Waals surface area contributed by atoms with Crippen LogP contribution in [0.15, 0.2) is 0 Å². The Bertz CT molecular complexity index is 75.6. The van der Waals surface area contributed by atoms with E-state index in [9.17, 15) is 0 Å². The normalized spacial score (nSPS) is 15.7. The maximum Gasteiger partial charge on any atom is 0.117 e. The zero-order valence-corrected chi connectivity index (χ0v) is 7.60. The molecule has 1 atom stereocenters. The monoisotopic (exact) mass is 196 g/mol. The molecule has 0 aliphatic rings. The van der Waals surface area contributed by atoms with Crippen LogP contribution in [0.1, 0.15) is 20.8 Å². The highest BCUT2D eigenvalue weighted by Gasteiger charge is 2.12. The van der Waals surface area contributed by atoms with Gasteiger partial charge in [-0.3, -0.25) is 0 Å². The Morgan fingerprint density at radius 3 is 2.22 bits per heavy atom. The quantitative estimate of drug-likeness (QED) is 0.695. The molecule has 9 heavy (non-hydrogen) atoms. The molecule has 1 N–H and O–H groups in total. The van der Waals surface area contributed by atoms with Crippen molar-refractivity contribution in [2.24, 2.45) is 0 Å². The lowest BCUT2D eigenvalue weighted by molar-refractivity contribution is -0.000400. The smallest absolute Gasteiger partial charge is 0.117 e. The van der Waals surface area contributed by atoms with E-state index in [1.165, 1.54) is 0 Å². The van der Waals surface area contributed by atoms with Gasteiger partial charge >= 0.3 is 0 Å². The molecule has 0 bridgehead atoms. The Labute approximate surface area is 64.3 Å². The van der Waals surface area contributed by atoms with Gasteiger partial charge in [0.2, 0.25) is 0 Å². The average molecular weight is 197 g/mol. The molecule has 0 aromatic heterocycles. The standard InChI is InChI=1S/C6H13BrO2/c1-5(8)4-9-6(2,3)7/h5,8H,4H2,1-3H3. The van der Waals surface area contributed by atoms with Crippen molar-refractivity contribution in [2.45, 2.75) is 31.4 Å². The van der Waals surface area contributed by atoms with E-state index in [4.69, 9.17) is 9.84 Å². The van der Waals surface area contributed by atoms with E-state index < -0.39 is 0 Å². The third-order valence-corrected chi connectivity index (χ3v) is 0.897. The summed E-state index contributed by atoms with van der Waals surface area (Å²) in [7, 11) is 0. The molecule has 0 saturated carbocycles. The molecule has 0 aliphatic heterocycles. The SMILES string of the molecule is CC(O)COC(C)(C)Br. The summed E-state index contributed by atoms with van der Waals surface area (Å²) in [6.07, 6.45) is -0.387. The van der Waals surface area contributed by atoms with Gasteiger partial charge in [0, 0.05) is 0 Å². The molecule has 0 aromatic carbocycles. The Hall–Kier alpha value is 0.400. The van der Waals surface area contributed by atoms with Gasteiger partial charge in [0.1, 0.15) is 4.51 Å². The van der Waals surface area contributed by atoms with Crippen LogP contribution in [0.4, 0.5) is 0 Å². The minimum Gasteiger partial charge on any atom is -0.391 e. The first-order chi connectivity index (χ1) is 3.92. The third kappa shape index (κ3) is 8.40. The molecule has 0 saturated heterocycles. The van der Waals surface area contributed by atoms with Crippen molar-refractivity contribution < 1.29 is 9.84 Å². The molecular weight excluding hydrogens is 184 g/mol. The number of halogens is 1. The lowest BCUT2D eigenvalue weighted by Crippen LogP contribution is -2.21. The van der Waals surface area contributed by atoms with Crippen molar-refractivity contribution in [2.75, 3.05) is 6.61 Å². The van der Waals surface area contributed by atoms with Crippen molar-refractivity contribution in [1.29, 1.82) is 0 Å². The zero-order valence-electron chi connectivity index (χ0n) is 6.02.